The summed E-state index contributed by atoms with van der Waals surface area (Å²) in [5.41, 5.74) is 1.08. The lowest BCUT2D eigenvalue weighted by molar-refractivity contribution is -0.153. The molecule has 0 bridgehead atoms. The number of thioether (sulfide) groups is 1. The first kappa shape index (κ1) is 27.5. The molecule has 1 unspecified atom stereocenters. The highest BCUT2D eigenvalue weighted by Crippen LogP contribution is 2.47. The van der Waals surface area contributed by atoms with Gasteiger partial charge in [0.15, 0.2) is 6.61 Å². The largest absolute Gasteiger partial charge is 0.484 e. The molecule has 1 N–H and O–H groups in total. The van der Waals surface area contributed by atoms with E-state index in [1.165, 1.54) is 12.5 Å². The molecule has 1 aromatic carbocycles. The Morgan fingerprint density at radius 2 is 1.86 bits per heavy atom. The second-order valence-corrected chi connectivity index (χ2v) is 11.0. The van der Waals surface area contributed by atoms with Gasteiger partial charge in [-0.1, -0.05) is 76.4 Å². The highest BCUT2D eigenvalue weighted by Gasteiger charge is 2.55. The second kappa shape index (κ2) is 11.7. The first-order valence-corrected chi connectivity index (χ1v) is 12.3. The van der Waals surface area contributed by atoms with Crippen LogP contribution in [0.3, 0.4) is 0 Å². The van der Waals surface area contributed by atoms with Gasteiger partial charge >= 0.3 is 11.9 Å². The zero-order valence-electron chi connectivity index (χ0n) is 18.0. The van der Waals surface area contributed by atoms with Crippen LogP contribution in [-0.2, 0) is 28.7 Å². The van der Waals surface area contributed by atoms with Crippen LogP contribution in [0.15, 0.2) is 52.0 Å². The third kappa shape index (κ3) is 6.98. The van der Waals surface area contributed by atoms with Crippen molar-refractivity contribution in [3.63, 3.8) is 0 Å². The monoisotopic (exact) mass is 582 g/mol. The van der Waals surface area contributed by atoms with Crippen LogP contribution in [0.25, 0.3) is 0 Å². The van der Waals surface area contributed by atoms with Gasteiger partial charge in [0, 0.05) is 22.9 Å². The van der Waals surface area contributed by atoms with Gasteiger partial charge in [-0.2, -0.15) is 0 Å². The molecule has 2 heterocycles. The predicted octanol–water partition coefficient (Wildman–Crippen LogP) is 3.28. The predicted molar refractivity (Wildman–Crippen MR) is 131 cm³/mol. The highest BCUT2D eigenvalue weighted by atomic mass is 35.6. The number of rotatable bonds is 8. The van der Waals surface area contributed by atoms with Gasteiger partial charge in [0.1, 0.15) is 36.1 Å². The number of alkyl halides is 3. The lowest BCUT2D eigenvalue weighted by Crippen LogP contribution is -2.70. The van der Waals surface area contributed by atoms with Gasteiger partial charge < -0.3 is 19.5 Å². The average Bonchev–Trinajstić information content (AvgIpc) is 2.82. The van der Waals surface area contributed by atoms with E-state index in [1.54, 1.807) is 30.3 Å². The molecule has 0 aliphatic carbocycles. The standard InChI is InChI=1S/C21H18Cl4N2O7S/c1-11(28)32-8-13-14(7-22)35-19-16(26-15(29)9-33-12-5-3-2-4-6-12)18(30)27(19)17(13)20(31)34-10-21(23,24)25/h2-7,16,19H,8-10H2,1H3,(H,26,29)/b14-7-/t16?,19-/m1/s1. The van der Waals surface area contributed by atoms with Crippen molar-refractivity contribution in [3.05, 3.63) is 52.0 Å². The molecule has 0 radical (unpaired) electrons. The summed E-state index contributed by atoms with van der Waals surface area (Å²) in [7, 11) is 0. The summed E-state index contributed by atoms with van der Waals surface area (Å²) in [6.07, 6.45) is 0. The minimum atomic E-state index is -1.89. The minimum absolute atomic E-state index is 0.135. The fourth-order valence-corrected chi connectivity index (χ4v) is 4.84. The molecule has 1 aromatic rings. The van der Waals surface area contributed by atoms with Gasteiger partial charge in [-0.25, -0.2) is 4.79 Å². The van der Waals surface area contributed by atoms with E-state index < -0.39 is 45.6 Å². The Morgan fingerprint density at radius 3 is 2.46 bits per heavy atom. The van der Waals surface area contributed by atoms with E-state index in [-0.39, 0.29) is 24.5 Å². The number of esters is 2. The molecule has 2 aliphatic heterocycles. The van der Waals surface area contributed by atoms with Gasteiger partial charge in [-0.05, 0) is 12.1 Å². The summed E-state index contributed by atoms with van der Waals surface area (Å²) in [5, 5.41) is 1.86. The number of hydrogen-bond acceptors (Lipinski definition) is 8. The Hall–Kier alpha value is -2.11. The zero-order chi connectivity index (χ0) is 25.8. The number of hydrogen-bond donors (Lipinski definition) is 1. The molecule has 0 spiro atoms. The summed E-state index contributed by atoms with van der Waals surface area (Å²) in [6, 6.07) is 7.69. The number of fused-ring (bicyclic) bond motifs is 1. The number of β-lactam (4-membered cyclic amide) rings is 1. The third-order valence-electron chi connectivity index (χ3n) is 4.62. The van der Waals surface area contributed by atoms with E-state index in [2.05, 4.69) is 5.32 Å². The van der Waals surface area contributed by atoms with Crippen LogP contribution in [0.4, 0.5) is 0 Å². The van der Waals surface area contributed by atoms with E-state index in [1.807, 2.05) is 0 Å². The van der Waals surface area contributed by atoms with Crippen molar-refractivity contribution in [1.29, 1.82) is 0 Å². The van der Waals surface area contributed by atoms with Gasteiger partial charge in [0.05, 0.1) is 0 Å². The molecule has 1 fully saturated rings. The Balaban J connectivity index is 1.79. The first-order valence-electron chi connectivity index (χ1n) is 9.90. The van der Waals surface area contributed by atoms with E-state index in [9.17, 15) is 19.2 Å². The molecule has 2 amide bonds. The van der Waals surface area contributed by atoms with E-state index in [0.29, 0.717) is 10.7 Å². The number of carbonyl (C=O) groups excluding carboxylic acids is 4. The number of nitrogens with one attached hydrogen (secondary N) is 1. The van der Waals surface area contributed by atoms with Gasteiger partial charge in [-0.3, -0.25) is 19.3 Å². The summed E-state index contributed by atoms with van der Waals surface area (Å²) < 4.78 is 13.6. The zero-order valence-corrected chi connectivity index (χ0v) is 21.8. The number of amides is 2. The first-order chi connectivity index (χ1) is 16.5. The van der Waals surface area contributed by atoms with Crippen LogP contribution in [0.2, 0.25) is 0 Å². The summed E-state index contributed by atoms with van der Waals surface area (Å²) in [5.74, 6) is -2.26. The van der Waals surface area contributed by atoms with Crippen LogP contribution < -0.4 is 10.1 Å². The molecular weight excluding hydrogens is 566 g/mol. The summed E-state index contributed by atoms with van der Waals surface area (Å²) >= 11 is 24.1. The maximum absolute atomic E-state index is 13.0. The summed E-state index contributed by atoms with van der Waals surface area (Å²) in [6.45, 7) is -0.105. The number of ether oxygens (including phenoxy) is 3. The fraction of sp³-hybridized carbons (Fsp3) is 0.333. The van der Waals surface area contributed by atoms with Crippen LogP contribution in [0.5, 0.6) is 5.75 Å². The average molecular weight is 584 g/mol. The molecule has 0 saturated carbocycles. The van der Waals surface area contributed by atoms with Crippen molar-refractivity contribution in [2.24, 2.45) is 0 Å². The number of nitrogens with zero attached hydrogens (tertiary/aromatic N) is 1. The minimum Gasteiger partial charge on any atom is -0.484 e. The Morgan fingerprint density at radius 1 is 1.17 bits per heavy atom. The topological polar surface area (TPSA) is 111 Å². The molecule has 2 atom stereocenters. The maximum atomic E-state index is 13.0. The quantitative estimate of drug-likeness (QED) is 0.282. The molecule has 2 aliphatic rings. The van der Waals surface area contributed by atoms with Crippen LogP contribution in [0, 0.1) is 0 Å². The number of para-hydroxylation sites is 1. The van der Waals surface area contributed by atoms with Crippen molar-refractivity contribution in [3.8, 4) is 5.75 Å². The van der Waals surface area contributed by atoms with Crippen LogP contribution in [-0.4, -0.2) is 63.7 Å². The van der Waals surface area contributed by atoms with Gasteiger partial charge in [0.25, 0.3) is 11.8 Å². The number of halogens is 4. The Labute approximate surface area is 224 Å². The molecule has 0 aromatic heterocycles. The SMILES string of the molecule is CC(=O)OCC1=C(C(=O)OCC(Cl)(Cl)Cl)N2C(=O)C(NC(=O)COc3ccccc3)[C@H]2S/C1=C\Cl. The van der Waals surface area contributed by atoms with Crippen molar-refractivity contribution in [1.82, 2.24) is 10.2 Å². The number of carbonyl (C=O) groups is 4. The Bertz CT molecular complexity index is 1080. The number of benzene rings is 1. The van der Waals surface area contributed by atoms with Crippen LogP contribution >= 0.6 is 58.2 Å². The third-order valence-corrected chi connectivity index (χ3v) is 6.64. The molecule has 35 heavy (non-hydrogen) atoms. The van der Waals surface area contributed by atoms with E-state index >= 15 is 0 Å². The molecule has 9 nitrogen and oxygen atoms in total. The van der Waals surface area contributed by atoms with Gasteiger partial charge in [-0.15, -0.1) is 0 Å². The van der Waals surface area contributed by atoms with E-state index in [4.69, 9.17) is 60.6 Å². The maximum Gasteiger partial charge on any atom is 0.355 e. The van der Waals surface area contributed by atoms with Gasteiger partial charge in [0.2, 0.25) is 3.79 Å². The van der Waals surface area contributed by atoms with Crippen molar-refractivity contribution in [2.75, 3.05) is 19.8 Å². The van der Waals surface area contributed by atoms with Crippen LogP contribution in [0.1, 0.15) is 6.92 Å². The summed E-state index contributed by atoms with van der Waals surface area (Å²) in [4.78, 5) is 51.1. The van der Waals surface area contributed by atoms with Crippen molar-refractivity contribution >= 4 is 81.9 Å². The van der Waals surface area contributed by atoms with Crippen molar-refractivity contribution in [2.45, 2.75) is 22.1 Å². The molecule has 188 valence electrons. The lowest BCUT2D eigenvalue weighted by atomic mass is 10.0. The Kier molecular flexibility index (Phi) is 9.22. The smallest absolute Gasteiger partial charge is 0.355 e. The van der Waals surface area contributed by atoms with E-state index in [0.717, 1.165) is 16.7 Å². The molecule has 14 heteroatoms. The molecular formula is C21H18Cl4N2O7S. The molecule has 1 saturated heterocycles. The molecule has 3 rings (SSSR count). The van der Waals surface area contributed by atoms with Crippen molar-refractivity contribution < 1.29 is 33.4 Å². The lowest BCUT2D eigenvalue weighted by Gasteiger charge is -2.50. The highest BCUT2D eigenvalue weighted by molar-refractivity contribution is 8.04. The normalized spacial score (nSPS) is 20.7. The fourth-order valence-electron chi connectivity index (χ4n) is 3.14. The second-order valence-electron chi connectivity index (χ2n) is 7.14.